The van der Waals surface area contributed by atoms with E-state index in [0.29, 0.717) is 34.7 Å². The summed E-state index contributed by atoms with van der Waals surface area (Å²) in [6.07, 6.45) is 1.42. The van der Waals surface area contributed by atoms with Crippen LogP contribution in [0.15, 0.2) is 91.0 Å². The number of Topliss-reactive ketones (excluding diaryl/α,β-unsaturated/α-hetero) is 1. The fraction of sp³-hybridized carbons (Fsp3) is 0.152. The number of aliphatic hydroxyl groups is 1. The smallest absolute Gasteiger partial charge is 0.350 e. The Bertz CT molecular complexity index is 1750. The molecule has 1 amide bonds. The van der Waals surface area contributed by atoms with Gasteiger partial charge in [0, 0.05) is 5.56 Å². The summed E-state index contributed by atoms with van der Waals surface area (Å²) >= 11 is 0.879. The van der Waals surface area contributed by atoms with Crippen molar-refractivity contribution in [1.29, 1.82) is 0 Å². The number of nitrogens with zero attached hydrogens (tertiary/aromatic N) is 2. The fourth-order valence-corrected chi connectivity index (χ4v) is 5.73. The zero-order valence-corrected chi connectivity index (χ0v) is 24.2. The lowest BCUT2D eigenvalue weighted by molar-refractivity contribution is -0.132. The van der Waals surface area contributed by atoms with Crippen molar-refractivity contribution in [1.82, 2.24) is 4.98 Å². The van der Waals surface area contributed by atoms with Gasteiger partial charge in [-0.05, 0) is 60.9 Å². The number of halogens is 1. The minimum Gasteiger partial charge on any atom is -0.507 e. The number of rotatable bonds is 9. The number of benzene rings is 3. The Kier molecular flexibility index (Phi) is 8.49. The van der Waals surface area contributed by atoms with Gasteiger partial charge in [-0.15, -0.1) is 0 Å². The lowest BCUT2D eigenvalue weighted by Crippen LogP contribution is -2.29. The average molecular weight is 599 g/mol. The first-order valence-corrected chi connectivity index (χ1v) is 14.1. The first kappa shape index (κ1) is 29.4. The molecule has 1 N–H and O–H groups in total. The lowest BCUT2D eigenvalue weighted by atomic mass is 9.94. The van der Waals surface area contributed by atoms with Crippen LogP contribution in [0.1, 0.15) is 43.7 Å². The molecule has 5 rings (SSSR count). The van der Waals surface area contributed by atoms with Crippen molar-refractivity contribution in [2.75, 3.05) is 11.5 Å². The summed E-state index contributed by atoms with van der Waals surface area (Å²) in [5, 5.41) is 11.6. The van der Waals surface area contributed by atoms with Gasteiger partial charge in [-0.3, -0.25) is 14.5 Å². The third kappa shape index (κ3) is 5.96. The Labute approximate surface area is 251 Å². The highest BCUT2D eigenvalue weighted by Gasteiger charge is 2.48. The van der Waals surface area contributed by atoms with E-state index in [4.69, 9.17) is 9.47 Å². The number of aromatic nitrogens is 1. The molecule has 4 aromatic rings. The van der Waals surface area contributed by atoms with Crippen LogP contribution in [-0.4, -0.2) is 34.4 Å². The monoisotopic (exact) mass is 598 g/mol. The Hall–Kier alpha value is -5.09. The van der Waals surface area contributed by atoms with Crippen LogP contribution in [0.25, 0.3) is 5.76 Å². The largest absolute Gasteiger partial charge is 0.507 e. The van der Waals surface area contributed by atoms with E-state index in [1.165, 1.54) is 30.3 Å². The van der Waals surface area contributed by atoms with Crippen LogP contribution >= 0.6 is 11.3 Å². The zero-order chi connectivity index (χ0) is 30.7. The van der Waals surface area contributed by atoms with Crippen LogP contribution in [0.3, 0.4) is 0 Å². The van der Waals surface area contributed by atoms with Gasteiger partial charge in [-0.25, -0.2) is 14.2 Å². The lowest BCUT2D eigenvalue weighted by Gasteiger charge is -2.23. The maximum Gasteiger partial charge on any atom is 0.350 e. The molecule has 0 radical (unpaired) electrons. The second-order valence-corrected chi connectivity index (χ2v) is 10.7. The van der Waals surface area contributed by atoms with Gasteiger partial charge in [0.2, 0.25) is 0 Å². The molecule has 218 valence electrons. The second-order valence-electron chi connectivity index (χ2n) is 9.77. The molecule has 0 aliphatic carbocycles. The van der Waals surface area contributed by atoms with Gasteiger partial charge in [-0.2, -0.15) is 0 Å². The number of aliphatic hydroxyl groups excluding tert-OH is 1. The molecule has 1 aromatic heterocycles. The summed E-state index contributed by atoms with van der Waals surface area (Å²) in [4.78, 5) is 45.3. The summed E-state index contributed by atoms with van der Waals surface area (Å²) in [6.45, 7) is 7.19. The van der Waals surface area contributed by atoms with E-state index in [9.17, 15) is 23.9 Å². The van der Waals surface area contributed by atoms with Gasteiger partial charge >= 0.3 is 11.9 Å². The highest BCUT2D eigenvalue weighted by Crippen LogP contribution is 2.44. The van der Waals surface area contributed by atoms with Gasteiger partial charge in [0.05, 0.1) is 17.3 Å². The topological polar surface area (TPSA) is 106 Å². The average Bonchev–Trinajstić information content (AvgIpc) is 3.51. The number of thiazole rings is 1. The van der Waals surface area contributed by atoms with Crippen molar-refractivity contribution in [3.8, 4) is 5.75 Å². The molecule has 0 unspecified atom stereocenters. The van der Waals surface area contributed by atoms with E-state index < -0.39 is 35.3 Å². The second kappa shape index (κ2) is 12.4. The standard InChI is InChI=1S/C33H27FN2O6S/c1-4-16-41-32(40)30-20(3)35-33(43-30)36-27(22-10-12-23(34)13-11-22)26(29(38)31(36)39)28(37)25-15-14-24(17-19(25)2)42-18-21-8-6-5-7-9-21/h4-15,17,27,37H,1,16,18H2,2-3H3/b28-26+/t27-/m0/s1. The SMILES string of the molecule is C=CCOC(=O)c1sc(N2C(=O)C(=O)/C(=C(/O)c3ccc(OCc4ccccc4)cc3C)[C@@H]2c2ccc(F)cc2)nc1C. The van der Waals surface area contributed by atoms with Crippen LogP contribution in [0.5, 0.6) is 5.75 Å². The van der Waals surface area contributed by atoms with Crippen molar-refractivity contribution in [3.05, 3.63) is 130 Å². The van der Waals surface area contributed by atoms with Crippen molar-refractivity contribution in [2.24, 2.45) is 0 Å². The highest BCUT2D eigenvalue weighted by molar-refractivity contribution is 7.17. The van der Waals surface area contributed by atoms with Crippen LogP contribution in [0.2, 0.25) is 0 Å². The third-order valence-corrected chi connectivity index (χ3v) is 7.98. The zero-order valence-electron chi connectivity index (χ0n) is 23.4. The molecule has 1 saturated heterocycles. The predicted octanol–water partition coefficient (Wildman–Crippen LogP) is 6.45. The van der Waals surface area contributed by atoms with Crippen molar-refractivity contribution in [3.63, 3.8) is 0 Å². The maximum absolute atomic E-state index is 13.9. The Balaban J connectivity index is 1.55. The summed E-state index contributed by atoms with van der Waals surface area (Å²) in [7, 11) is 0. The molecule has 3 aromatic carbocycles. The number of aryl methyl sites for hydroxylation is 2. The molecular weight excluding hydrogens is 571 g/mol. The van der Waals surface area contributed by atoms with E-state index in [0.717, 1.165) is 21.8 Å². The Morgan fingerprint density at radius 2 is 1.81 bits per heavy atom. The number of carbonyl (C=O) groups is 3. The number of hydrogen-bond donors (Lipinski definition) is 1. The molecule has 1 atom stereocenters. The van der Waals surface area contributed by atoms with Crippen LogP contribution in [0.4, 0.5) is 9.52 Å². The number of amides is 1. The normalized spacial score (nSPS) is 15.9. The Morgan fingerprint density at radius 3 is 2.49 bits per heavy atom. The molecular formula is C33H27FN2O6S. The fourth-order valence-electron chi connectivity index (χ4n) is 4.74. The Morgan fingerprint density at radius 1 is 1.09 bits per heavy atom. The van der Waals surface area contributed by atoms with Gasteiger partial charge in [0.25, 0.3) is 5.78 Å². The molecule has 8 nitrogen and oxygen atoms in total. The van der Waals surface area contributed by atoms with E-state index in [1.807, 2.05) is 30.3 Å². The molecule has 1 fully saturated rings. The van der Waals surface area contributed by atoms with Gasteiger partial charge < -0.3 is 14.6 Å². The number of anilines is 1. The van der Waals surface area contributed by atoms with Crippen molar-refractivity contribution < 1.29 is 33.4 Å². The predicted molar refractivity (Wildman–Crippen MR) is 160 cm³/mol. The number of ether oxygens (including phenoxy) is 2. The molecule has 10 heteroatoms. The summed E-state index contributed by atoms with van der Waals surface area (Å²) in [5.74, 6) is -2.90. The van der Waals surface area contributed by atoms with Gasteiger partial charge in [0.1, 0.15) is 35.4 Å². The third-order valence-electron chi connectivity index (χ3n) is 6.84. The van der Waals surface area contributed by atoms with Crippen LogP contribution < -0.4 is 9.64 Å². The van der Waals surface area contributed by atoms with E-state index in [2.05, 4.69) is 11.6 Å². The molecule has 0 saturated carbocycles. The maximum atomic E-state index is 13.9. The van der Waals surface area contributed by atoms with Gasteiger partial charge in [-0.1, -0.05) is 66.5 Å². The van der Waals surface area contributed by atoms with Crippen molar-refractivity contribution >= 4 is 39.9 Å². The summed E-state index contributed by atoms with van der Waals surface area (Å²) in [6, 6.07) is 18.8. The number of ketones is 1. The number of hydrogen-bond acceptors (Lipinski definition) is 8. The number of esters is 1. The number of carbonyl (C=O) groups excluding carboxylic acids is 3. The highest BCUT2D eigenvalue weighted by atomic mass is 32.1. The first-order valence-electron chi connectivity index (χ1n) is 13.3. The molecule has 0 spiro atoms. The first-order chi connectivity index (χ1) is 20.7. The molecule has 43 heavy (non-hydrogen) atoms. The summed E-state index contributed by atoms with van der Waals surface area (Å²) < 4.78 is 24.9. The minimum absolute atomic E-state index is 0.0129. The van der Waals surface area contributed by atoms with E-state index in [-0.39, 0.29) is 22.2 Å². The molecule has 1 aliphatic heterocycles. The van der Waals surface area contributed by atoms with E-state index >= 15 is 0 Å². The van der Waals surface area contributed by atoms with Crippen LogP contribution in [-0.2, 0) is 20.9 Å². The molecule has 1 aliphatic rings. The minimum atomic E-state index is -1.14. The molecule has 2 heterocycles. The van der Waals surface area contributed by atoms with Crippen molar-refractivity contribution in [2.45, 2.75) is 26.5 Å². The van der Waals surface area contributed by atoms with Crippen LogP contribution in [0, 0.1) is 19.7 Å². The quantitative estimate of drug-likeness (QED) is 0.0776. The molecule has 0 bridgehead atoms. The summed E-state index contributed by atoms with van der Waals surface area (Å²) in [5.41, 5.74) is 2.38. The van der Waals surface area contributed by atoms with Gasteiger partial charge in [0.15, 0.2) is 5.13 Å². The van der Waals surface area contributed by atoms with E-state index in [1.54, 1.807) is 32.0 Å².